The standard InChI is InChI=1S/C15H16FNO3S/c1-2-20-15-9-4-3-6-12(15)11-17-21(18,19)14-8-5-7-13(16)10-14/h3-10,17H,2,11H2,1H3. The van der Waals surface area contributed by atoms with Gasteiger partial charge in [0.1, 0.15) is 11.6 Å². The highest BCUT2D eigenvalue weighted by Gasteiger charge is 2.15. The van der Waals surface area contributed by atoms with Gasteiger partial charge in [-0.3, -0.25) is 0 Å². The summed E-state index contributed by atoms with van der Waals surface area (Å²) >= 11 is 0. The quantitative estimate of drug-likeness (QED) is 0.892. The first-order valence-electron chi connectivity index (χ1n) is 6.49. The lowest BCUT2D eigenvalue weighted by Crippen LogP contribution is -2.23. The van der Waals surface area contributed by atoms with E-state index in [4.69, 9.17) is 4.74 Å². The van der Waals surface area contributed by atoms with Crippen LogP contribution in [0.1, 0.15) is 12.5 Å². The summed E-state index contributed by atoms with van der Waals surface area (Å²) in [5.41, 5.74) is 0.722. The minimum Gasteiger partial charge on any atom is -0.494 e. The number of benzene rings is 2. The van der Waals surface area contributed by atoms with Gasteiger partial charge < -0.3 is 4.74 Å². The highest BCUT2D eigenvalue weighted by Crippen LogP contribution is 2.19. The van der Waals surface area contributed by atoms with Gasteiger partial charge in [0.25, 0.3) is 0 Å². The molecule has 0 spiro atoms. The fourth-order valence-electron chi connectivity index (χ4n) is 1.84. The van der Waals surface area contributed by atoms with E-state index in [9.17, 15) is 12.8 Å². The lowest BCUT2D eigenvalue weighted by molar-refractivity contribution is 0.336. The van der Waals surface area contributed by atoms with Crippen LogP contribution in [-0.4, -0.2) is 15.0 Å². The van der Waals surface area contributed by atoms with Gasteiger partial charge in [0.15, 0.2) is 0 Å². The molecule has 0 aliphatic heterocycles. The SMILES string of the molecule is CCOc1ccccc1CNS(=O)(=O)c1cccc(F)c1. The van der Waals surface area contributed by atoms with Gasteiger partial charge in [-0.15, -0.1) is 0 Å². The molecule has 0 saturated carbocycles. The maximum Gasteiger partial charge on any atom is 0.240 e. The molecule has 2 aromatic carbocycles. The van der Waals surface area contributed by atoms with Gasteiger partial charge in [0.2, 0.25) is 10.0 Å². The third-order valence-corrected chi connectivity index (χ3v) is 4.23. The van der Waals surface area contributed by atoms with Crippen LogP contribution in [0.3, 0.4) is 0 Å². The molecule has 0 bridgehead atoms. The van der Waals surface area contributed by atoms with Crippen molar-refractivity contribution < 1.29 is 17.5 Å². The number of halogens is 1. The average Bonchev–Trinajstić information content (AvgIpc) is 2.47. The minimum atomic E-state index is -3.76. The van der Waals surface area contributed by atoms with Gasteiger partial charge in [-0.1, -0.05) is 24.3 Å². The Morgan fingerprint density at radius 1 is 1.14 bits per heavy atom. The van der Waals surface area contributed by atoms with E-state index in [0.717, 1.165) is 11.6 Å². The van der Waals surface area contributed by atoms with Gasteiger partial charge in [-0.05, 0) is 31.2 Å². The Bertz CT molecular complexity index is 716. The Kier molecular flexibility index (Phi) is 4.93. The van der Waals surface area contributed by atoms with E-state index in [1.54, 1.807) is 18.2 Å². The molecule has 0 fully saturated rings. The van der Waals surface area contributed by atoms with Gasteiger partial charge in [0.05, 0.1) is 11.5 Å². The molecule has 0 atom stereocenters. The summed E-state index contributed by atoms with van der Waals surface area (Å²) in [6.07, 6.45) is 0. The van der Waals surface area contributed by atoms with Crippen molar-refractivity contribution in [3.05, 3.63) is 59.9 Å². The summed E-state index contributed by atoms with van der Waals surface area (Å²) in [6.45, 7) is 2.43. The van der Waals surface area contributed by atoms with Gasteiger partial charge >= 0.3 is 0 Å². The highest BCUT2D eigenvalue weighted by atomic mass is 32.2. The van der Waals surface area contributed by atoms with Crippen LogP contribution < -0.4 is 9.46 Å². The van der Waals surface area contributed by atoms with E-state index in [-0.39, 0.29) is 11.4 Å². The number of rotatable bonds is 6. The van der Waals surface area contributed by atoms with Crippen LogP contribution in [0.2, 0.25) is 0 Å². The third kappa shape index (κ3) is 4.03. The lowest BCUT2D eigenvalue weighted by Gasteiger charge is -2.11. The van der Waals surface area contributed by atoms with Gasteiger partial charge in [0, 0.05) is 12.1 Å². The van der Waals surface area contributed by atoms with E-state index in [1.807, 2.05) is 13.0 Å². The van der Waals surface area contributed by atoms with Crippen molar-refractivity contribution in [2.24, 2.45) is 0 Å². The second-order valence-corrected chi connectivity index (χ2v) is 6.09. The molecule has 0 aromatic heterocycles. The van der Waals surface area contributed by atoms with E-state index < -0.39 is 15.8 Å². The van der Waals surface area contributed by atoms with E-state index >= 15 is 0 Å². The molecule has 0 unspecified atom stereocenters. The average molecular weight is 309 g/mol. The Morgan fingerprint density at radius 2 is 1.90 bits per heavy atom. The first-order chi connectivity index (χ1) is 10.0. The molecule has 6 heteroatoms. The number of hydrogen-bond acceptors (Lipinski definition) is 3. The zero-order valence-corrected chi connectivity index (χ0v) is 12.4. The van der Waals surface area contributed by atoms with Crippen molar-refractivity contribution in [1.82, 2.24) is 4.72 Å². The van der Waals surface area contributed by atoms with Crippen LogP contribution in [0.25, 0.3) is 0 Å². The summed E-state index contributed by atoms with van der Waals surface area (Å²) in [4.78, 5) is -0.101. The molecule has 0 saturated heterocycles. The van der Waals surface area contributed by atoms with Crippen molar-refractivity contribution in [2.75, 3.05) is 6.61 Å². The summed E-state index contributed by atoms with van der Waals surface area (Å²) < 4.78 is 45.2. The van der Waals surface area contributed by atoms with E-state index in [0.29, 0.717) is 12.4 Å². The normalized spacial score (nSPS) is 11.3. The Morgan fingerprint density at radius 3 is 2.62 bits per heavy atom. The van der Waals surface area contributed by atoms with Crippen LogP contribution in [-0.2, 0) is 16.6 Å². The summed E-state index contributed by atoms with van der Waals surface area (Å²) in [5.74, 6) is 0.0366. The zero-order chi connectivity index (χ0) is 15.3. The summed E-state index contributed by atoms with van der Waals surface area (Å²) in [5, 5.41) is 0. The third-order valence-electron chi connectivity index (χ3n) is 2.83. The van der Waals surface area contributed by atoms with Crippen molar-refractivity contribution >= 4 is 10.0 Å². The molecule has 2 aromatic rings. The van der Waals surface area contributed by atoms with Gasteiger partial charge in [-0.25, -0.2) is 17.5 Å². The molecule has 0 heterocycles. The second kappa shape index (κ2) is 6.69. The lowest BCUT2D eigenvalue weighted by atomic mass is 10.2. The highest BCUT2D eigenvalue weighted by molar-refractivity contribution is 7.89. The number of nitrogens with one attached hydrogen (secondary N) is 1. The molecule has 0 aliphatic rings. The Labute approximate surface area is 123 Å². The topological polar surface area (TPSA) is 55.4 Å². The molecule has 21 heavy (non-hydrogen) atoms. The largest absolute Gasteiger partial charge is 0.494 e. The van der Waals surface area contributed by atoms with Crippen molar-refractivity contribution in [3.63, 3.8) is 0 Å². The first kappa shape index (κ1) is 15.5. The Hall–Kier alpha value is -1.92. The molecule has 0 amide bonds. The number of hydrogen-bond donors (Lipinski definition) is 1. The van der Waals surface area contributed by atoms with Crippen LogP contribution in [0.4, 0.5) is 4.39 Å². The number of para-hydroxylation sites is 1. The van der Waals surface area contributed by atoms with Gasteiger partial charge in [-0.2, -0.15) is 0 Å². The molecular weight excluding hydrogens is 293 g/mol. The van der Waals surface area contributed by atoms with Crippen LogP contribution in [0, 0.1) is 5.82 Å². The molecule has 112 valence electrons. The minimum absolute atomic E-state index is 0.0784. The molecule has 0 radical (unpaired) electrons. The smallest absolute Gasteiger partial charge is 0.240 e. The van der Waals surface area contributed by atoms with Crippen LogP contribution in [0.5, 0.6) is 5.75 Å². The fraction of sp³-hybridized carbons (Fsp3) is 0.200. The summed E-state index contributed by atoms with van der Waals surface area (Å²) in [7, 11) is -3.76. The molecule has 2 rings (SSSR count). The molecular formula is C15H16FNO3S. The zero-order valence-electron chi connectivity index (χ0n) is 11.5. The molecule has 4 nitrogen and oxygen atoms in total. The maximum absolute atomic E-state index is 13.1. The fourth-order valence-corrected chi connectivity index (χ4v) is 2.87. The van der Waals surface area contributed by atoms with Crippen LogP contribution >= 0.6 is 0 Å². The second-order valence-electron chi connectivity index (χ2n) is 4.32. The molecule has 1 N–H and O–H groups in total. The van der Waals surface area contributed by atoms with Crippen molar-refractivity contribution in [2.45, 2.75) is 18.4 Å². The number of ether oxygens (including phenoxy) is 1. The predicted octanol–water partition coefficient (Wildman–Crippen LogP) is 2.70. The van der Waals surface area contributed by atoms with E-state index in [2.05, 4.69) is 4.72 Å². The number of sulfonamides is 1. The summed E-state index contributed by atoms with van der Waals surface area (Å²) in [6, 6.07) is 12.1. The van der Waals surface area contributed by atoms with Crippen LogP contribution in [0.15, 0.2) is 53.4 Å². The van der Waals surface area contributed by atoms with Crippen molar-refractivity contribution in [3.8, 4) is 5.75 Å². The predicted molar refractivity (Wildman–Crippen MR) is 78.0 cm³/mol. The van der Waals surface area contributed by atoms with Crippen molar-refractivity contribution in [1.29, 1.82) is 0 Å². The monoisotopic (exact) mass is 309 g/mol. The Balaban J connectivity index is 2.16. The molecule has 0 aliphatic carbocycles. The van der Waals surface area contributed by atoms with E-state index in [1.165, 1.54) is 18.2 Å². The first-order valence-corrected chi connectivity index (χ1v) is 7.97. The maximum atomic E-state index is 13.1.